The third kappa shape index (κ3) is 1.70. The van der Waals surface area contributed by atoms with E-state index in [4.69, 9.17) is 10.2 Å². The van der Waals surface area contributed by atoms with Gasteiger partial charge in [-0.05, 0) is 12.3 Å². The summed E-state index contributed by atoms with van der Waals surface area (Å²) in [6, 6.07) is 1.15. The van der Waals surface area contributed by atoms with Crippen LogP contribution in [0.1, 0.15) is 12.5 Å². The van der Waals surface area contributed by atoms with Crippen LogP contribution in [-0.2, 0) is 0 Å². The minimum absolute atomic E-state index is 0.0137. The Morgan fingerprint density at radius 3 is 2.69 bits per heavy atom. The van der Waals surface area contributed by atoms with E-state index in [1.807, 2.05) is 0 Å². The van der Waals surface area contributed by atoms with Gasteiger partial charge in [-0.1, -0.05) is 0 Å². The topological polar surface area (TPSA) is 95.3 Å². The molecule has 6 nitrogen and oxygen atoms in total. The van der Waals surface area contributed by atoms with Gasteiger partial charge in [0.05, 0.1) is 0 Å². The fourth-order valence-corrected chi connectivity index (χ4v) is 2.27. The molecule has 1 aromatic heterocycles. The Bertz CT molecular complexity index is 478. The normalized spacial score (nSPS) is 28.8. The SMILES string of the molecule is O=c1ccn([C@@H]2C[C@H](CO)[C@@H]2CO)c(=O)[nH]1. The van der Waals surface area contributed by atoms with Crippen LogP contribution in [0.25, 0.3) is 0 Å². The number of rotatable bonds is 3. The van der Waals surface area contributed by atoms with E-state index in [2.05, 4.69) is 4.98 Å². The van der Waals surface area contributed by atoms with E-state index < -0.39 is 11.2 Å². The molecule has 0 saturated heterocycles. The molecule has 1 heterocycles. The number of aromatic amines is 1. The molecular weight excluding hydrogens is 212 g/mol. The van der Waals surface area contributed by atoms with Crippen LogP contribution in [0.5, 0.6) is 0 Å². The highest BCUT2D eigenvalue weighted by Gasteiger charge is 2.41. The molecule has 1 aromatic rings. The first-order chi connectivity index (χ1) is 7.67. The summed E-state index contributed by atoms with van der Waals surface area (Å²) in [4.78, 5) is 24.6. The highest BCUT2D eigenvalue weighted by atomic mass is 16.3. The molecule has 0 spiro atoms. The molecule has 2 rings (SSSR count). The van der Waals surface area contributed by atoms with Crippen LogP contribution in [0.3, 0.4) is 0 Å². The molecule has 0 radical (unpaired) electrons. The minimum Gasteiger partial charge on any atom is -0.396 e. The number of hydrogen-bond donors (Lipinski definition) is 3. The van der Waals surface area contributed by atoms with E-state index in [0.717, 1.165) is 0 Å². The third-order valence-corrected chi connectivity index (χ3v) is 3.30. The highest BCUT2D eigenvalue weighted by molar-refractivity contribution is 4.96. The third-order valence-electron chi connectivity index (χ3n) is 3.30. The Balaban J connectivity index is 2.26. The smallest absolute Gasteiger partial charge is 0.328 e. The molecule has 1 saturated carbocycles. The number of H-pyrrole nitrogens is 1. The molecule has 6 heteroatoms. The molecule has 0 aromatic carbocycles. The zero-order chi connectivity index (χ0) is 11.7. The predicted molar refractivity (Wildman–Crippen MR) is 56.1 cm³/mol. The molecule has 0 bridgehead atoms. The first-order valence-electron chi connectivity index (χ1n) is 5.20. The van der Waals surface area contributed by atoms with Gasteiger partial charge in [0, 0.05) is 37.4 Å². The lowest BCUT2D eigenvalue weighted by Crippen LogP contribution is -2.46. The zero-order valence-corrected chi connectivity index (χ0v) is 8.67. The maximum atomic E-state index is 11.5. The standard InChI is InChI=1S/C10H14N2O4/c13-4-6-3-8(7(6)5-14)12-2-1-9(15)11-10(12)16/h1-2,6-8,13-14H,3-5H2,(H,11,15,16)/t6-,7+,8-/m1/s1. The molecule has 16 heavy (non-hydrogen) atoms. The van der Waals surface area contributed by atoms with Crippen LogP contribution in [-0.4, -0.2) is 33.0 Å². The Kier molecular flexibility index (Phi) is 2.93. The van der Waals surface area contributed by atoms with Gasteiger partial charge in [-0.15, -0.1) is 0 Å². The van der Waals surface area contributed by atoms with Gasteiger partial charge in [0.1, 0.15) is 0 Å². The van der Waals surface area contributed by atoms with Crippen LogP contribution in [0.2, 0.25) is 0 Å². The Labute approximate surface area is 91.2 Å². The molecule has 1 fully saturated rings. The Morgan fingerprint density at radius 2 is 2.12 bits per heavy atom. The fraction of sp³-hybridized carbons (Fsp3) is 0.600. The van der Waals surface area contributed by atoms with Gasteiger partial charge >= 0.3 is 5.69 Å². The van der Waals surface area contributed by atoms with Gasteiger partial charge in [0.25, 0.3) is 5.56 Å². The molecule has 88 valence electrons. The minimum atomic E-state index is -0.465. The van der Waals surface area contributed by atoms with E-state index in [0.29, 0.717) is 6.42 Å². The number of nitrogens with zero attached hydrogens (tertiary/aromatic N) is 1. The molecular formula is C10H14N2O4. The van der Waals surface area contributed by atoms with Gasteiger partial charge < -0.3 is 10.2 Å². The summed E-state index contributed by atoms with van der Waals surface area (Å²) in [5, 5.41) is 18.2. The molecule has 3 N–H and O–H groups in total. The van der Waals surface area contributed by atoms with Crippen LogP contribution in [0.15, 0.2) is 21.9 Å². The summed E-state index contributed by atoms with van der Waals surface area (Å²) in [5.74, 6) is -0.0811. The molecule has 0 unspecified atom stereocenters. The van der Waals surface area contributed by atoms with Gasteiger partial charge in [-0.2, -0.15) is 0 Å². The summed E-state index contributed by atoms with van der Waals surface area (Å²) < 4.78 is 1.41. The van der Waals surface area contributed by atoms with Crippen LogP contribution < -0.4 is 11.2 Å². The van der Waals surface area contributed by atoms with E-state index in [1.54, 1.807) is 0 Å². The average Bonchev–Trinajstić information content (AvgIpc) is 2.21. The number of aliphatic hydroxyl groups is 2. The fourth-order valence-electron chi connectivity index (χ4n) is 2.27. The van der Waals surface area contributed by atoms with Crippen LogP contribution in [0.4, 0.5) is 0 Å². The molecule has 0 amide bonds. The van der Waals surface area contributed by atoms with Crippen molar-refractivity contribution < 1.29 is 10.2 Å². The van der Waals surface area contributed by atoms with Crippen molar-refractivity contribution >= 4 is 0 Å². The predicted octanol–water partition coefficient (Wildman–Crippen LogP) is -1.30. The van der Waals surface area contributed by atoms with E-state index in [-0.39, 0.29) is 31.1 Å². The summed E-state index contributed by atoms with van der Waals surface area (Å²) >= 11 is 0. The second-order valence-electron chi connectivity index (χ2n) is 4.11. The lowest BCUT2D eigenvalue weighted by Gasteiger charge is -2.43. The highest BCUT2D eigenvalue weighted by Crippen LogP contribution is 2.42. The van der Waals surface area contributed by atoms with Crippen molar-refractivity contribution in [3.63, 3.8) is 0 Å². The van der Waals surface area contributed by atoms with Crippen molar-refractivity contribution in [1.82, 2.24) is 9.55 Å². The maximum absolute atomic E-state index is 11.5. The van der Waals surface area contributed by atoms with Crippen LogP contribution >= 0.6 is 0 Å². The Hall–Kier alpha value is -1.40. The molecule has 1 aliphatic rings. The second-order valence-corrected chi connectivity index (χ2v) is 4.11. The van der Waals surface area contributed by atoms with E-state index in [1.165, 1.54) is 16.8 Å². The van der Waals surface area contributed by atoms with Gasteiger partial charge in [-0.25, -0.2) is 4.79 Å². The largest absolute Gasteiger partial charge is 0.396 e. The molecule has 0 aliphatic heterocycles. The van der Waals surface area contributed by atoms with Crippen LogP contribution in [0, 0.1) is 11.8 Å². The summed E-state index contributed by atoms with van der Waals surface area (Å²) in [6.07, 6.45) is 2.08. The number of aliphatic hydroxyl groups excluding tert-OH is 2. The van der Waals surface area contributed by atoms with Crippen molar-refractivity contribution in [3.05, 3.63) is 33.1 Å². The summed E-state index contributed by atoms with van der Waals surface area (Å²) in [5.41, 5.74) is -0.896. The lowest BCUT2D eigenvalue weighted by molar-refractivity contribution is -0.00874. The average molecular weight is 226 g/mol. The lowest BCUT2D eigenvalue weighted by atomic mass is 9.70. The quantitative estimate of drug-likeness (QED) is 0.597. The van der Waals surface area contributed by atoms with Gasteiger partial charge in [0.2, 0.25) is 0 Å². The van der Waals surface area contributed by atoms with E-state index in [9.17, 15) is 9.59 Å². The van der Waals surface area contributed by atoms with Crippen molar-refractivity contribution in [3.8, 4) is 0 Å². The van der Waals surface area contributed by atoms with Gasteiger partial charge in [0.15, 0.2) is 0 Å². The Morgan fingerprint density at radius 1 is 1.38 bits per heavy atom. The maximum Gasteiger partial charge on any atom is 0.328 e. The number of aromatic nitrogens is 2. The van der Waals surface area contributed by atoms with Crippen molar-refractivity contribution in [1.29, 1.82) is 0 Å². The zero-order valence-electron chi connectivity index (χ0n) is 8.67. The molecule has 3 atom stereocenters. The monoisotopic (exact) mass is 226 g/mol. The van der Waals surface area contributed by atoms with Crippen molar-refractivity contribution in [2.24, 2.45) is 11.8 Å². The first-order valence-corrected chi connectivity index (χ1v) is 5.20. The number of nitrogens with one attached hydrogen (secondary N) is 1. The van der Waals surface area contributed by atoms with E-state index >= 15 is 0 Å². The summed E-state index contributed by atoms with van der Waals surface area (Å²) in [7, 11) is 0. The van der Waals surface area contributed by atoms with Gasteiger partial charge in [-0.3, -0.25) is 14.3 Å². The van der Waals surface area contributed by atoms with Crippen molar-refractivity contribution in [2.45, 2.75) is 12.5 Å². The second kappa shape index (κ2) is 4.23. The molecule has 1 aliphatic carbocycles. The summed E-state index contributed by atoms with van der Waals surface area (Å²) in [6.45, 7) is -0.0543. The van der Waals surface area contributed by atoms with Crippen molar-refractivity contribution in [2.75, 3.05) is 13.2 Å². The first kappa shape index (κ1) is 11.1. The number of hydrogen-bond acceptors (Lipinski definition) is 4.